The summed E-state index contributed by atoms with van der Waals surface area (Å²) in [6, 6.07) is 0. The molecule has 9 nitrogen and oxygen atoms in total. The van der Waals surface area contributed by atoms with Crippen molar-refractivity contribution in [3.63, 3.8) is 0 Å². The number of carbonyl (C=O) groups is 3. The first-order chi connectivity index (χ1) is 13.4. The van der Waals surface area contributed by atoms with Crippen molar-refractivity contribution in [3.8, 4) is 0 Å². The molecule has 0 unspecified atom stereocenters. The second-order valence-electron chi connectivity index (χ2n) is 5.69. The second-order valence-corrected chi connectivity index (χ2v) is 7.14. The molecule has 30 heavy (non-hydrogen) atoms. The van der Waals surface area contributed by atoms with Crippen LogP contribution in [0.4, 0.5) is 13.2 Å². The van der Waals surface area contributed by atoms with Gasteiger partial charge in [0.2, 0.25) is 5.91 Å². The van der Waals surface area contributed by atoms with Crippen LogP contribution < -0.4 is 5.32 Å². The molecule has 0 saturated carbocycles. The number of halogens is 3. The van der Waals surface area contributed by atoms with Crippen LogP contribution in [0.25, 0.3) is 0 Å². The highest BCUT2D eigenvalue weighted by molar-refractivity contribution is 7.85. The number of ether oxygens (including phenoxy) is 2. The molecule has 0 fully saturated rings. The van der Waals surface area contributed by atoms with Gasteiger partial charge in [0.25, 0.3) is 10.1 Å². The lowest BCUT2D eigenvalue weighted by Gasteiger charge is -2.23. The maximum atomic E-state index is 11.2. The van der Waals surface area contributed by atoms with Crippen molar-refractivity contribution in [1.82, 2.24) is 5.32 Å². The lowest BCUT2D eigenvalue weighted by atomic mass is 10.1. The molecule has 1 amide bonds. The van der Waals surface area contributed by atoms with Crippen LogP contribution in [-0.4, -0.2) is 61.5 Å². The summed E-state index contributed by atoms with van der Waals surface area (Å²) < 4.78 is 71.4. The molecule has 0 aromatic carbocycles. The van der Waals surface area contributed by atoms with Gasteiger partial charge in [-0.1, -0.05) is 19.7 Å². The fourth-order valence-corrected chi connectivity index (χ4v) is 2.27. The van der Waals surface area contributed by atoms with Crippen LogP contribution in [0.5, 0.6) is 0 Å². The molecular weight excluding hydrogens is 435 g/mol. The van der Waals surface area contributed by atoms with Crippen LogP contribution in [0, 0.1) is 0 Å². The smallest absolute Gasteiger partial charge is 0.422 e. The van der Waals surface area contributed by atoms with Gasteiger partial charge in [0.1, 0.15) is 0 Å². The number of rotatable bonds is 8. The summed E-state index contributed by atoms with van der Waals surface area (Å²) in [5.74, 6) is -2.44. The van der Waals surface area contributed by atoms with Gasteiger partial charge in [-0.3, -0.25) is 9.35 Å². The topological polar surface area (TPSA) is 136 Å². The highest BCUT2D eigenvalue weighted by Crippen LogP contribution is 2.14. The van der Waals surface area contributed by atoms with Gasteiger partial charge >= 0.3 is 18.1 Å². The van der Waals surface area contributed by atoms with E-state index in [0.717, 1.165) is 12.2 Å². The third kappa shape index (κ3) is 27.5. The predicted octanol–water partition coefficient (Wildman–Crippen LogP) is 1.97. The predicted molar refractivity (Wildman–Crippen MR) is 103 cm³/mol. The third-order valence-corrected chi connectivity index (χ3v) is 3.27. The SMILES string of the molecule is C=CC(=O)NC(C)(C)CS(=O)(=O)O.C=CC(=O)OCC.C=CC(=O)OCC(F)(F)F. The van der Waals surface area contributed by atoms with Crippen LogP contribution in [0.2, 0.25) is 0 Å². The van der Waals surface area contributed by atoms with E-state index in [0.29, 0.717) is 12.7 Å². The standard InChI is InChI=1S/C7H13NO4S.C5H5F3O2.C5H8O2/c1-4-6(9)8-7(2,3)5-13(10,11)12;1-2-4(9)10-3-5(6,7)8;1-3-5(6)7-4-2/h4H,1,5H2,2-3H3,(H,8,9)(H,10,11,12);2H,1,3H2;3H,1,4H2,2H3. The summed E-state index contributed by atoms with van der Waals surface area (Å²) in [5.41, 5.74) is -1.00. The molecule has 0 aliphatic carbocycles. The molecule has 0 aromatic rings. The van der Waals surface area contributed by atoms with E-state index >= 15 is 0 Å². The molecule has 2 N–H and O–H groups in total. The van der Waals surface area contributed by atoms with Gasteiger partial charge in [-0.05, 0) is 26.8 Å². The van der Waals surface area contributed by atoms with Crippen molar-refractivity contribution in [3.05, 3.63) is 38.0 Å². The average molecular weight is 461 g/mol. The normalized spacial score (nSPS) is 10.6. The molecule has 0 bridgehead atoms. The number of nitrogens with one attached hydrogen (secondary N) is 1. The van der Waals surface area contributed by atoms with Crippen LogP contribution in [0.15, 0.2) is 38.0 Å². The molecular formula is C17H26F3NO8S. The first kappa shape index (κ1) is 32.0. The van der Waals surface area contributed by atoms with Crippen molar-refractivity contribution in [2.45, 2.75) is 32.5 Å². The third-order valence-electron chi connectivity index (χ3n) is 2.19. The molecule has 0 spiro atoms. The number of hydrogen-bond donors (Lipinski definition) is 2. The summed E-state index contributed by atoms with van der Waals surface area (Å²) in [7, 11) is -4.08. The Morgan fingerprint density at radius 3 is 1.70 bits per heavy atom. The molecule has 174 valence electrons. The lowest BCUT2D eigenvalue weighted by Crippen LogP contribution is -2.47. The Morgan fingerprint density at radius 1 is 1.00 bits per heavy atom. The van der Waals surface area contributed by atoms with Gasteiger partial charge in [0.15, 0.2) is 6.61 Å². The Kier molecular flexibility index (Phi) is 16.2. The van der Waals surface area contributed by atoms with Crippen LogP contribution in [0.1, 0.15) is 20.8 Å². The molecule has 0 aliphatic heterocycles. The van der Waals surface area contributed by atoms with Gasteiger partial charge in [-0.15, -0.1) is 0 Å². The lowest BCUT2D eigenvalue weighted by molar-refractivity contribution is -0.182. The maximum absolute atomic E-state index is 11.2. The van der Waals surface area contributed by atoms with Crippen molar-refractivity contribution < 1.29 is 50.0 Å². The van der Waals surface area contributed by atoms with Crippen molar-refractivity contribution in [1.29, 1.82) is 0 Å². The van der Waals surface area contributed by atoms with Crippen LogP contribution in [-0.2, 0) is 34.0 Å². The Bertz CT molecular complexity index is 700. The minimum absolute atomic E-state index is 0.359. The molecule has 0 atom stereocenters. The van der Waals surface area contributed by atoms with Gasteiger partial charge in [-0.2, -0.15) is 21.6 Å². The Balaban J connectivity index is -0.000000383. The van der Waals surface area contributed by atoms with Gasteiger partial charge in [-0.25, -0.2) is 9.59 Å². The van der Waals surface area contributed by atoms with Crippen molar-refractivity contribution in [2.24, 2.45) is 0 Å². The zero-order valence-corrected chi connectivity index (χ0v) is 17.6. The van der Waals surface area contributed by atoms with Gasteiger partial charge < -0.3 is 14.8 Å². The molecule has 0 radical (unpaired) electrons. The zero-order chi connectivity index (χ0) is 24.6. The Hall–Kier alpha value is -2.67. The Labute approximate surface area is 173 Å². The molecule has 0 rings (SSSR count). The van der Waals surface area contributed by atoms with E-state index in [9.17, 15) is 36.0 Å². The van der Waals surface area contributed by atoms with E-state index < -0.39 is 46.1 Å². The maximum Gasteiger partial charge on any atom is 0.422 e. The number of carbonyl (C=O) groups excluding carboxylic acids is 3. The van der Waals surface area contributed by atoms with E-state index in [1.807, 2.05) is 0 Å². The average Bonchev–Trinajstić information content (AvgIpc) is 2.57. The van der Waals surface area contributed by atoms with Crippen molar-refractivity contribution >= 4 is 28.0 Å². The second kappa shape index (κ2) is 15.2. The minimum Gasteiger partial charge on any atom is -0.463 e. The molecule has 0 aromatic heterocycles. The number of alkyl halides is 3. The fraction of sp³-hybridized carbons (Fsp3) is 0.471. The summed E-state index contributed by atoms with van der Waals surface area (Å²) in [5, 5.41) is 2.37. The molecule has 13 heteroatoms. The largest absolute Gasteiger partial charge is 0.463 e. The summed E-state index contributed by atoms with van der Waals surface area (Å²) >= 11 is 0. The molecule has 0 aliphatic rings. The minimum atomic E-state index is -4.46. The van der Waals surface area contributed by atoms with E-state index in [4.69, 9.17) is 4.55 Å². The fourth-order valence-electron chi connectivity index (χ4n) is 1.29. The van der Waals surface area contributed by atoms with E-state index in [-0.39, 0.29) is 5.97 Å². The highest BCUT2D eigenvalue weighted by Gasteiger charge is 2.29. The zero-order valence-electron chi connectivity index (χ0n) is 16.8. The van der Waals surface area contributed by atoms with Gasteiger partial charge in [0.05, 0.1) is 17.9 Å². The van der Waals surface area contributed by atoms with E-state index in [2.05, 4.69) is 34.5 Å². The number of amides is 1. The van der Waals surface area contributed by atoms with Crippen LogP contribution in [0.3, 0.4) is 0 Å². The summed E-state index contributed by atoms with van der Waals surface area (Å²) in [6.07, 6.45) is -1.61. The van der Waals surface area contributed by atoms with Crippen molar-refractivity contribution in [2.75, 3.05) is 19.0 Å². The molecule has 0 saturated heterocycles. The van der Waals surface area contributed by atoms with E-state index in [1.54, 1.807) is 6.92 Å². The van der Waals surface area contributed by atoms with Gasteiger partial charge in [0, 0.05) is 12.2 Å². The monoisotopic (exact) mass is 461 g/mol. The Morgan fingerprint density at radius 2 is 1.43 bits per heavy atom. The van der Waals surface area contributed by atoms with E-state index in [1.165, 1.54) is 13.8 Å². The quantitative estimate of drug-likeness (QED) is 0.318. The summed E-state index contributed by atoms with van der Waals surface area (Å²) in [4.78, 5) is 30.9. The number of hydrogen-bond acceptors (Lipinski definition) is 7. The van der Waals surface area contributed by atoms with Crippen LogP contribution >= 0.6 is 0 Å². The highest BCUT2D eigenvalue weighted by atomic mass is 32.2. The number of esters is 2. The first-order valence-corrected chi connectivity index (χ1v) is 9.58. The molecule has 0 heterocycles. The summed E-state index contributed by atoms with van der Waals surface area (Å²) in [6.45, 7) is 12.9. The first-order valence-electron chi connectivity index (χ1n) is 7.97.